The highest BCUT2D eigenvalue weighted by Crippen LogP contribution is 2.37. The van der Waals surface area contributed by atoms with Crippen LogP contribution in [-0.2, 0) is 11.2 Å². The molecule has 2 aliphatic heterocycles. The number of likely N-dealkylation sites (tertiary alicyclic amines) is 2. The molecule has 0 amide bonds. The van der Waals surface area contributed by atoms with Gasteiger partial charge in [-0.1, -0.05) is 42.0 Å². The number of nitrogens with zero attached hydrogens (tertiary/aromatic N) is 2. The van der Waals surface area contributed by atoms with Gasteiger partial charge in [0.1, 0.15) is 11.9 Å². The van der Waals surface area contributed by atoms with Crippen molar-refractivity contribution in [2.75, 3.05) is 32.7 Å². The van der Waals surface area contributed by atoms with Gasteiger partial charge in [-0.15, -0.1) is 0 Å². The fourth-order valence-corrected chi connectivity index (χ4v) is 5.88. The summed E-state index contributed by atoms with van der Waals surface area (Å²) < 4.78 is 43.5. The molecule has 7 heteroatoms. The third kappa shape index (κ3) is 6.88. The van der Waals surface area contributed by atoms with Crippen LogP contribution in [0.4, 0.5) is 13.2 Å². The first-order valence-electron chi connectivity index (χ1n) is 13.0. The van der Waals surface area contributed by atoms with E-state index in [1.54, 1.807) is 31.2 Å². The number of alkyl halides is 2. The van der Waals surface area contributed by atoms with Crippen LogP contribution in [0.3, 0.4) is 0 Å². The summed E-state index contributed by atoms with van der Waals surface area (Å²) >= 11 is 0. The molecule has 196 valence electrons. The minimum absolute atomic E-state index is 0.00664. The van der Waals surface area contributed by atoms with Gasteiger partial charge >= 0.3 is 5.97 Å². The van der Waals surface area contributed by atoms with Crippen molar-refractivity contribution in [3.8, 4) is 0 Å². The molecule has 2 saturated heterocycles. The molecule has 3 atom stereocenters. The van der Waals surface area contributed by atoms with Crippen molar-refractivity contribution in [1.82, 2.24) is 9.80 Å². The number of hydrogen-bond donors (Lipinski definition) is 1. The molecule has 0 saturated carbocycles. The predicted octanol–water partition coefficient (Wildman–Crippen LogP) is 5.60. The number of piperidine rings is 1. The van der Waals surface area contributed by atoms with Crippen molar-refractivity contribution in [2.24, 2.45) is 11.8 Å². The first-order chi connectivity index (χ1) is 17.1. The lowest BCUT2D eigenvalue weighted by molar-refractivity contribution is -0.142. The fraction of sp³-hybridized carbons (Fsp3) is 0.552. The van der Waals surface area contributed by atoms with E-state index >= 15 is 0 Å². The fourth-order valence-electron chi connectivity index (χ4n) is 5.88. The number of halogens is 3. The molecule has 2 fully saturated rings. The monoisotopic (exact) mass is 502 g/mol. The van der Waals surface area contributed by atoms with Gasteiger partial charge in [-0.05, 0) is 74.9 Å². The minimum atomic E-state index is -2.72. The molecule has 0 aliphatic carbocycles. The number of carboxylic acid groups (broad SMARTS) is 1. The zero-order valence-corrected chi connectivity index (χ0v) is 21.2. The van der Waals surface area contributed by atoms with E-state index in [1.807, 2.05) is 30.0 Å². The second-order valence-corrected chi connectivity index (χ2v) is 10.9. The highest BCUT2D eigenvalue weighted by Gasteiger charge is 2.40. The van der Waals surface area contributed by atoms with Gasteiger partial charge in [0.2, 0.25) is 0 Å². The number of aliphatic carboxylic acids is 1. The van der Waals surface area contributed by atoms with Crippen LogP contribution in [0.2, 0.25) is 0 Å². The van der Waals surface area contributed by atoms with Gasteiger partial charge in [-0.2, -0.15) is 0 Å². The molecule has 1 N–H and O–H groups in total. The topological polar surface area (TPSA) is 43.8 Å². The zero-order valence-electron chi connectivity index (χ0n) is 21.2. The number of carboxylic acids is 1. The van der Waals surface area contributed by atoms with E-state index in [2.05, 4.69) is 4.90 Å². The van der Waals surface area contributed by atoms with Crippen LogP contribution < -0.4 is 0 Å². The molecule has 2 aliphatic rings. The highest BCUT2D eigenvalue weighted by atomic mass is 19.3. The maximum atomic E-state index is 14.8. The summed E-state index contributed by atoms with van der Waals surface area (Å²) in [5, 5.41) is 9.50. The number of carbonyl (C=O) groups is 1. The Morgan fingerprint density at radius 2 is 1.81 bits per heavy atom. The molecule has 2 aromatic carbocycles. The van der Waals surface area contributed by atoms with Gasteiger partial charge in [0, 0.05) is 38.4 Å². The second-order valence-electron chi connectivity index (χ2n) is 10.9. The third-order valence-corrected chi connectivity index (χ3v) is 8.02. The molecule has 0 radical (unpaired) electrons. The summed E-state index contributed by atoms with van der Waals surface area (Å²) in [7, 11) is 0. The van der Waals surface area contributed by atoms with E-state index in [1.165, 1.54) is 6.07 Å². The van der Waals surface area contributed by atoms with E-state index in [0.29, 0.717) is 18.7 Å². The summed E-state index contributed by atoms with van der Waals surface area (Å²) in [6.45, 7) is 7.11. The summed E-state index contributed by atoms with van der Waals surface area (Å²) in [6.07, 6.45) is 1.16. The second kappa shape index (κ2) is 11.3. The maximum Gasteiger partial charge on any atom is 0.320 e. The van der Waals surface area contributed by atoms with Crippen LogP contribution in [0.25, 0.3) is 0 Å². The van der Waals surface area contributed by atoms with Crippen LogP contribution in [-0.4, -0.2) is 65.6 Å². The molecule has 0 bridgehead atoms. The van der Waals surface area contributed by atoms with Gasteiger partial charge in [-0.25, -0.2) is 13.2 Å². The number of hydrogen-bond acceptors (Lipinski definition) is 3. The normalized spacial score (nSPS) is 23.1. The van der Waals surface area contributed by atoms with Crippen molar-refractivity contribution in [2.45, 2.75) is 57.4 Å². The van der Waals surface area contributed by atoms with Crippen molar-refractivity contribution < 1.29 is 23.1 Å². The molecule has 0 aromatic heterocycles. The largest absolute Gasteiger partial charge is 0.480 e. The van der Waals surface area contributed by atoms with E-state index in [4.69, 9.17) is 0 Å². The van der Waals surface area contributed by atoms with Crippen LogP contribution in [0, 0.1) is 24.6 Å². The Hall–Kier alpha value is -2.38. The van der Waals surface area contributed by atoms with E-state index in [9.17, 15) is 23.1 Å². The zero-order chi connectivity index (χ0) is 25.9. The lowest BCUT2D eigenvalue weighted by Crippen LogP contribution is -2.41. The highest BCUT2D eigenvalue weighted by molar-refractivity contribution is 5.73. The Morgan fingerprint density at radius 3 is 2.44 bits per heavy atom. The molecule has 3 unspecified atom stereocenters. The minimum Gasteiger partial charge on any atom is -0.480 e. The predicted molar refractivity (Wildman–Crippen MR) is 135 cm³/mol. The maximum absolute atomic E-state index is 14.8. The molecule has 4 nitrogen and oxygen atoms in total. The first-order valence-corrected chi connectivity index (χ1v) is 13.0. The molecule has 36 heavy (non-hydrogen) atoms. The Kier molecular flexibility index (Phi) is 8.41. The smallest absolute Gasteiger partial charge is 0.320 e. The standard InChI is InChI=1S/C29H37F3N2O2/c1-20-6-8-22(9-7-20)15-29(31,32)16-23-10-12-33(13-11-23)17-25-18-34(21(2)28(35)36)19-27(25)24-4-3-5-26(30)14-24/h3-9,14,21,23,25,27H,10-13,15-19H2,1-2H3,(H,35,36). The number of benzene rings is 2. The molecule has 0 spiro atoms. The van der Waals surface area contributed by atoms with E-state index in [-0.39, 0.29) is 36.4 Å². The van der Waals surface area contributed by atoms with E-state index < -0.39 is 17.9 Å². The van der Waals surface area contributed by atoms with Gasteiger partial charge < -0.3 is 10.0 Å². The average Bonchev–Trinajstić information content (AvgIpc) is 3.24. The summed E-state index contributed by atoms with van der Waals surface area (Å²) in [6, 6.07) is 13.3. The first kappa shape index (κ1) is 26.7. The van der Waals surface area contributed by atoms with Gasteiger partial charge in [0.15, 0.2) is 0 Å². The molecular formula is C29H37F3N2O2. The quantitative estimate of drug-likeness (QED) is 0.485. The Balaban J connectivity index is 1.33. The van der Waals surface area contributed by atoms with Crippen LogP contribution in [0.5, 0.6) is 0 Å². The van der Waals surface area contributed by atoms with Crippen LogP contribution in [0.1, 0.15) is 48.8 Å². The molecule has 2 aromatic rings. The molecule has 4 rings (SSSR count). The van der Waals surface area contributed by atoms with Crippen molar-refractivity contribution in [1.29, 1.82) is 0 Å². The number of rotatable bonds is 9. The van der Waals surface area contributed by atoms with Crippen molar-refractivity contribution >= 4 is 5.97 Å². The van der Waals surface area contributed by atoms with Crippen LogP contribution >= 0.6 is 0 Å². The Bertz CT molecular complexity index is 1020. The number of aryl methyl sites for hydroxylation is 1. The Labute approximate surface area is 212 Å². The molecular weight excluding hydrogens is 465 g/mol. The van der Waals surface area contributed by atoms with Crippen LogP contribution in [0.15, 0.2) is 48.5 Å². The Morgan fingerprint density at radius 1 is 1.11 bits per heavy atom. The van der Waals surface area contributed by atoms with Gasteiger partial charge in [0.25, 0.3) is 5.92 Å². The summed E-state index contributed by atoms with van der Waals surface area (Å²) in [4.78, 5) is 15.9. The van der Waals surface area contributed by atoms with Gasteiger partial charge in [0.05, 0.1) is 0 Å². The lowest BCUT2D eigenvalue weighted by atomic mass is 9.86. The van der Waals surface area contributed by atoms with Gasteiger partial charge in [-0.3, -0.25) is 9.69 Å². The van der Waals surface area contributed by atoms with Crippen molar-refractivity contribution in [3.05, 3.63) is 71.0 Å². The SMILES string of the molecule is Cc1ccc(CC(F)(F)CC2CCN(CC3CN(C(C)C(=O)O)CC3c3cccc(F)c3)CC2)cc1. The van der Waals surface area contributed by atoms with Crippen molar-refractivity contribution in [3.63, 3.8) is 0 Å². The average molecular weight is 503 g/mol. The summed E-state index contributed by atoms with van der Waals surface area (Å²) in [5.41, 5.74) is 2.63. The van der Waals surface area contributed by atoms with E-state index in [0.717, 1.165) is 43.6 Å². The lowest BCUT2D eigenvalue weighted by Gasteiger charge is -2.36. The molecule has 2 heterocycles. The summed E-state index contributed by atoms with van der Waals surface area (Å²) in [5.74, 6) is -3.67. The third-order valence-electron chi connectivity index (χ3n) is 8.02.